The summed E-state index contributed by atoms with van der Waals surface area (Å²) >= 11 is 0. The maximum absolute atomic E-state index is 9.19. The highest BCUT2D eigenvalue weighted by atomic mass is 32.2. The Labute approximate surface area is 83.9 Å². The molecule has 4 N–H and O–H groups in total. The molecule has 1 rings (SSSR count). The van der Waals surface area contributed by atoms with E-state index >= 15 is 0 Å². The summed E-state index contributed by atoms with van der Waals surface area (Å²) in [5.41, 5.74) is 0. The second kappa shape index (κ2) is 6.36. The second-order valence-corrected chi connectivity index (χ2v) is 3.51. The minimum Gasteiger partial charge on any atom is -0.494 e. The predicted molar refractivity (Wildman–Crippen MR) is 54.9 cm³/mol. The van der Waals surface area contributed by atoms with Gasteiger partial charge < -0.3 is 4.74 Å². The van der Waals surface area contributed by atoms with E-state index in [4.69, 9.17) is 4.74 Å². The largest absolute Gasteiger partial charge is 0.494 e. The molecule has 0 aliphatic carbocycles. The maximum atomic E-state index is 9.19. The van der Waals surface area contributed by atoms with Crippen LogP contribution in [0.5, 0.6) is 5.75 Å². The van der Waals surface area contributed by atoms with Crippen LogP contribution >= 0.6 is 0 Å². The molecule has 0 aliphatic rings. The number of rotatable bonds is 2. The Morgan fingerprint density at radius 1 is 1.21 bits per heavy atom. The predicted octanol–water partition coefficient (Wildman–Crippen LogP) is 0.234. The zero-order valence-corrected chi connectivity index (χ0v) is 8.70. The van der Waals surface area contributed by atoms with Crippen molar-refractivity contribution in [2.45, 2.75) is 6.92 Å². The zero-order valence-electron chi connectivity index (χ0n) is 7.88. The van der Waals surface area contributed by atoms with Crippen LogP contribution in [-0.4, -0.2) is 15.0 Å². The summed E-state index contributed by atoms with van der Waals surface area (Å²) < 4.78 is 23.6. The van der Waals surface area contributed by atoms with Crippen molar-refractivity contribution in [1.29, 1.82) is 0 Å². The monoisotopic (exact) mass is 218 g/mol. The molecular weight excluding hydrogens is 204 g/mol. The quantitative estimate of drug-likeness (QED) is 0.744. The van der Waals surface area contributed by atoms with Gasteiger partial charge in [-0.05, 0) is 19.1 Å². The van der Waals surface area contributed by atoms with E-state index in [1.165, 1.54) is 0 Å². The van der Waals surface area contributed by atoms with Crippen molar-refractivity contribution < 1.29 is 13.2 Å². The van der Waals surface area contributed by atoms with Crippen LogP contribution in [0.2, 0.25) is 0 Å². The van der Waals surface area contributed by atoms with Gasteiger partial charge in [-0.2, -0.15) is 8.42 Å². The average Bonchev–Trinajstić information content (AvgIpc) is 2.03. The minimum absolute atomic E-state index is 0.740. The first-order valence-corrected chi connectivity index (χ1v) is 5.52. The van der Waals surface area contributed by atoms with Crippen LogP contribution in [0.3, 0.4) is 0 Å². The molecule has 1 aromatic carbocycles. The highest BCUT2D eigenvalue weighted by Gasteiger charge is 1.83. The Bertz CT molecular complexity index is 329. The Kier molecular flexibility index (Phi) is 5.86. The Hall–Kier alpha value is -1.11. The molecule has 0 radical (unpaired) electrons. The standard InChI is InChI=1S/C8H10O.H4N2O2S/c1-2-9-8-6-4-3-5-7-8;1-5(2,3)4/h3-7H,2H2,1H3;(H4,1,2,3,4). The molecule has 0 aliphatic heterocycles. The number of ether oxygens (including phenoxy) is 1. The highest BCUT2D eigenvalue weighted by Crippen LogP contribution is 2.06. The summed E-state index contributed by atoms with van der Waals surface area (Å²) in [5.74, 6) is 0.944. The molecule has 6 heteroatoms. The normalized spacial score (nSPS) is 9.93. The molecule has 14 heavy (non-hydrogen) atoms. The summed E-state index contributed by atoms with van der Waals surface area (Å²) in [6, 6.07) is 9.80. The summed E-state index contributed by atoms with van der Waals surface area (Å²) in [4.78, 5) is 0. The number of benzene rings is 1. The van der Waals surface area contributed by atoms with Crippen LogP contribution in [0.1, 0.15) is 6.92 Å². The molecule has 0 unspecified atom stereocenters. The molecule has 5 nitrogen and oxygen atoms in total. The molecule has 0 fully saturated rings. The van der Waals surface area contributed by atoms with Crippen molar-refractivity contribution in [2.24, 2.45) is 10.3 Å². The van der Waals surface area contributed by atoms with Gasteiger partial charge in [0.2, 0.25) is 0 Å². The Morgan fingerprint density at radius 3 is 2.00 bits per heavy atom. The van der Waals surface area contributed by atoms with E-state index in [-0.39, 0.29) is 0 Å². The number of hydrogen-bond acceptors (Lipinski definition) is 3. The van der Waals surface area contributed by atoms with Crippen molar-refractivity contribution in [3.8, 4) is 5.75 Å². The summed E-state index contributed by atoms with van der Waals surface area (Å²) in [6.07, 6.45) is 0. The van der Waals surface area contributed by atoms with Gasteiger partial charge in [-0.3, -0.25) is 0 Å². The lowest BCUT2D eigenvalue weighted by atomic mass is 10.3. The van der Waals surface area contributed by atoms with Crippen molar-refractivity contribution in [2.75, 3.05) is 6.61 Å². The van der Waals surface area contributed by atoms with Gasteiger partial charge in [0, 0.05) is 0 Å². The van der Waals surface area contributed by atoms with Crippen LogP contribution in [0, 0.1) is 0 Å². The van der Waals surface area contributed by atoms with Crippen molar-refractivity contribution >= 4 is 10.2 Å². The number of para-hydroxylation sites is 1. The number of nitrogens with two attached hydrogens (primary N) is 2. The maximum Gasteiger partial charge on any atom is 0.271 e. The molecule has 0 atom stereocenters. The lowest BCUT2D eigenvalue weighted by molar-refractivity contribution is 0.340. The zero-order chi connectivity index (χ0) is 11.0. The topological polar surface area (TPSA) is 95.4 Å². The van der Waals surface area contributed by atoms with E-state index in [2.05, 4.69) is 10.3 Å². The van der Waals surface area contributed by atoms with Crippen LogP contribution in [0.15, 0.2) is 30.3 Å². The van der Waals surface area contributed by atoms with E-state index in [1.54, 1.807) is 0 Å². The fourth-order valence-corrected chi connectivity index (χ4v) is 0.683. The van der Waals surface area contributed by atoms with Gasteiger partial charge in [0.15, 0.2) is 0 Å². The summed E-state index contributed by atoms with van der Waals surface area (Å²) in [7, 11) is -3.67. The Balaban J connectivity index is 0.000000292. The second-order valence-electron chi connectivity index (χ2n) is 2.34. The van der Waals surface area contributed by atoms with Gasteiger partial charge in [0.05, 0.1) is 6.61 Å². The average molecular weight is 218 g/mol. The van der Waals surface area contributed by atoms with Crippen LogP contribution in [0.4, 0.5) is 0 Å². The van der Waals surface area contributed by atoms with Crippen LogP contribution < -0.4 is 15.0 Å². The smallest absolute Gasteiger partial charge is 0.271 e. The van der Waals surface area contributed by atoms with Crippen molar-refractivity contribution in [1.82, 2.24) is 0 Å². The fraction of sp³-hybridized carbons (Fsp3) is 0.250. The molecule has 0 heterocycles. The fourth-order valence-electron chi connectivity index (χ4n) is 0.683. The van der Waals surface area contributed by atoms with Gasteiger partial charge >= 0.3 is 0 Å². The molecule has 0 bridgehead atoms. The molecule has 0 saturated heterocycles. The molecule has 0 spiro atoms. The van der Waals surface area contributed by atoms with Gasteiger partial charge in [0.1, 0.15) is 5.75 Å². The summed E-state index contributed by atoms with van der Waals surface area (Å²) in [5, 5.41) is 8.21. The van der Waals surface area contributed by atoms with Gasteiger partial charge in [-0.1, -0.05) is 18.2 Å². The van der Waals surface area contributed by atoms with E-state index in [1.807, 2.05) is 37.3 Å². The first kappa shape index (κ1) is 12.9. The van der Waals surface area contributed by atoms with Gasteiger partial charge in [-0.25, -0.2) is 10.3 Å². The summed E-state index contributed by atoms with van der Waals surface area (Å²) in [6.45, 7) is 2.72. The van der Waals surface area contributed by atoms with E-state index in [0.717, 1.165) is 12.4 Å². The van der Waals surface area contributed by atoms with Crippen molar-refractivity contribution in [3.63, 3.8) is 0 Å². The van der Waals surface area contributed by atoms with E-state index in [0.29, 0.717) is 0 Å². The van der Waals surface area contributed by atoms with E-state index in [9.17, 15) is 8.42 Å². The molecule has 0 aromatic heterocycles. The van der Waals surface area contributed by atoms with Crippen LogP contribution in [0.25, 0.3) is 0 Å². The van der Waals surface area contributed by atoms with Crippen molar-refractivity contribution in [3.05, 3.63) is 30.3 Å². The lowest BCUT2D eigenvalue weighted by Gasteiger charge is -1.99. The first-order chi connectivity index (χ1) is 6.43. The van der Waals surface area contributed by atoms with Crippen LogP contribution in [-0.2, 0) is 10.2 Å². The number of hydrogen-bond donors (Lipinski definition) is 2. The SMILES string of the molecule is CCOc1ccccc1.NS(N)(=O)=O. The van der Waals surface area contributed by atoms with Gasteiger partial charge in [-0.15, -0.1) is 0 Å². The first-order valence-electron chi connectivity index (χ1n) is 3.92. The van der Waals surface area contributed by atoms with E-state index < -0.39 is 10.2 Å². The molecule has 80 valence electrons. The molecule has 1 aromatic rings. The van der Waals surface area contributed by atoms with Gasteiger partial charge in [0.25, 0.3) is 10.2 Å². The third-order valence-electron chi connectivity index (χ3n) is 1.05. The third-order valence-corrected chi connectivity index (χ3v) is 1.05. The third kappa shape index (κ3) is 10.9. The molecule has 0 amide bonds. The lowest BCUT2D eigenvalue weighted by Crippen LogP contribution is -2.21. The Morgan fingerprint density at radius 2 is 1.64 bits per heavy atom. The minimum atomic E-state index is -3.67. The molecular formula is C8H14N2O3S. The molecule has 0 saturated carbocycles. The highest BCUT2D eigenvalue weighted by molar-refractivity contribution is 7.86.